The summed E-state index contributed by atoms with van der Waals surface area (Å²) in [6.45, 7) is -1.55. The number of halogens is 2. The molecule has 4 rings (SSSR count). The molecule has 1 unspecified atom stereocenters. The van der Waals surface area contributed by atoms with Gasteiger partial charge in [-0.3, -0.25) is 0 Å². The van der Waals surface area contributed by atoms with E-state index in [4.69, 9.17) is 9.47 Å². The molecule has 2 fully saturated rings. The summed E-state index contributed by atoms with van der Waals surface area (Å²) in [7, 11) is 0. The number of nitrogens with zero attached hydrogens (tertiary/aromatic N) is 3. The van der Waals surface area contributed by atoms with Crippen molar-refractivity contribution in [3.05, 3.63) is 30.0 Å². The molecule has 0 spiro atoms. The largest absolute Gasteiger partial charge is 0.434 e. The van der Waals surface area contributed by atoms with Crippen LogP contribution in [0.4, 0.5) is 8.78 Å². The second-order valence-corrected chi connectivity index (χ2v) is 6.95. The van der Waals surface area contributed by atoms with Crippen molar-refractivity contribution in [2.24, 2.45) is 5.92 Å². The average Bonchev–Trinajstić information content (AvgIpc) is 3.38. The van der Waals surface area contributed by atoms with Crippen LogP contribution in [0, 0.1) is 17.8 Å². The van der Waals surface area contributed by atoms with E-state index < -0.39 is 6.61 Å². The molecule has 1 aliphatic heterocycles. The summed E-state index contributed by atoms with van der Waals surface area (Å²) in [5.74, 6) is 6.65. The Morgan fingerprint density at radius 1 is 1.26 bits per heavy atom. The molecule has 7 heteroatoms. The lowest BCUT2D eigenvalue weighted by molar-refractivity contribution is -0.0494. The summed E-state index contributed by atoms with van der Waals surface area (Å²) in [6.07, 6.45) is 7.29. The van der Waals surface area contributed by atoms with Crippen molar-refractivity contribution < 1.29 is 18.3 Å². The van der Waals surface area contributed by atoms with Crippen LogP contribution in [0.3, 0.4) is 0 Å². The fourth-order valence-corrected chi connectivity index (χ4v) is 3.09. The summed E-state index contributed by atoms with van der Waals surface area (Å²) in [5.41, 5.74) is 1.62. The number of hydrogen-bond donors (Lipinski definition) is 0. The molecule has 0 N–H and O–H groups in total. The number of rotatable bonds is 5. The van der Waals surface area contributed by atoms with Gasteiger partial charge in [0.1, 0.15) is 11.4 Å². The van der Waals surface area contributed by atoms with Crippen LogP contribution in [0.1, 0.15) is 37.7 Å². The van der Waals surface area contributed by atoms with Gasteiger partial charge in [-0.05, 0) is 50.3 Å². The van der Waals surface area contributed by atoms with Gasteiger partial charge in [0, 0.05) is 23.7 Å². The van der Waals surface area contributed by atoms with Crippen LogP contribution in [0.25, 0.3) is 11.3 Å². The van der Waals surface area contributed by atoms with Crippen LogP contribution in [-0.2, 0) is 11.3 Å². The Labute approximate surface area is 156 Å². The Morgan fingerprint density at radius 3 is 2.89 bits per heavy atom. The predicted molar refractivity (Wildman–Crippen MR) is 95.3 cm³/mol. The topological polar surface area (TPSA) is 49.2 Å². The van der Waals surface area contributed by atoms with Gasteiger partial charge in [-0.25, -0.2) is 4.68 Å². The molecule has 1 saturated carbocycles. The normalized spacial score (nSPS) is 19.6. The van der Waals surface area contributed by atoms with Gasteiger partial charge in [-0.1, -0.05) is 17.1 Å². The van der Waals surface area contributed by atoms with Crippen LogP contribution < -0.4 is 4.74 Å². The monoisotopic (exact) mass is 373 g/mol. The van der Waals surface area contributed by atoms with Crippen molar-refractivity contribution in [2.45, 2.75) is 51.4 Å². The van der Waals surface area contributed by atoms with Crippen LogP contribution in [0.2, 0.25) is 0 Å². The summed E-state index contributed by atoms with van der Waals surface area (Å²) < 4.78 is 37.9. The fraction of sp³-hybridized carbons (Fsp3) is 0.500. The Bertz CT molecular complexity index is 846. The molecule has 142 valence electrons. The van der Waals surface area contributed by atoms with E-state index in [1.54, 1.807) is 29.1 Å². The third kappa shape index (κ3) is 4.83. The first-order chi connectivity index (χ1) is 13.2. The second kappa shape index (κ2) is 8.05. The molecule has 27 heavy (non-hydrogen) atoms. The van der Waals surface area contributed by atoms with Crippen molar-refractivity contribution in [1.29, 1.82) is 0 Å². The maximum absolute atomic E-state index is 12.9. The lowest BCUT2D eigenvalue weighted by Crippen LogP contribution is -2.24. The molecule has 2 heterocycles. The van der Waals surface area contributed by atoms with Crippen molar-refractivity contribution in [3.63, 3.8) is 0 Å². The standard InChI is InChI=1S/C20H21F2N3O2/c21-20(22)27-19-11-15(7-6-14-4-5-14)8-9-17(19)18-13-25(24-23-18)12-16-3-1-2-10-26-16/h8-9,11,13-14,16,20H,1-5,10,12H2. The molecule has 2 aliphatic rings. The van der Waals surface area contributed by atoms with Crippen LogP contribution in [0.5, 0.6) is 5.75 Å². The van der Waals surface area contributed by atoms with E-state index in [1.807, 2.05) is 0 Å². The second-order valence-electron chi connectivity index (χ2n) is 6.95. The lowest BCUT2D eigenvalue weighted by atomic mass is 10.1. The first-order valence-corrected chi connectivity index (χ1v) is 9.30. The van der Waals surface area contributed by atoms with Gasteiger partial charge in [-0.15, -0.1) is 5.10 Å². The molecule has 0 bridgehead atoms. The highest BCUT2D eigenvalue weighted by atomic mass is 19.3. The van der Waals surface area contributed by atoms with E-state index in [9.17, 15) is 8.78 Å². The van der Waals surface area contributed by atoms with Crippen LogP contribution in [0.15, 0.2) is 24.4 Å². The number of benzene rings is 1. The Morgan fingerprint density at radius 2 is 2.15 bits per heavy atom. The van der Waals surface area contributed by atoms with Crippen LogP contribution in [-0.4, -0.2) is 34.3 Å². The van der Waals surface area contributed by atoms with Gasteiger partial charge < -0.3 is 9.47 Å². The first-order valence-electron chi connectivity index (χ1n) is 9.30. The summed E-state index contributed by atoms with van der Waals surface area (Å²) in [5, 5.41) is 8.24. The molecule has 1 aliphatic carbocycles. The highest BCUT2D eigenvalue weighted by Crippen LogP contribution is 2.32. The number of ether oxygens (including phenoxy) is 2. The third-order valence-corrected chi connectivity index (χ3v) is 4.67. The zero-order chi connectivity index (χ0) is 18.6. The highest BCUT2D eigenvalue weighted by Gasteiger charge is 2.19. The van der Waals surface area contributed by atoms with Crippen molar-refractivity contribution in [1.82, 2.24) is 15.0 Å². The smallest absolute Gasteiger partial charge is 0.387 e. The Balaban J connectivity index is 1.55. The highest BCUT2D eigenvalue weighted by molar-refractivity contribution is 5.68. The molecule has 1 saturated heterocycles. The van der Waals surface area contributed by atoms with E-state index in [2.05, 4.69) is 22.2 Å². The fourth-order valence-electron chi connectivity index (χ4n) is 3.09. The van der Waals surface area contributed by atoms with Gasteiger partial charge in [0.2, 0.25) is 0 Å². The van der Waals surface area contributed by atoms with Gasteiger partial charge in [0.05, 0.1) is 18.8 Å². The zero-order valence-corrected chi connectivity index (χ0v) is 14.9. The lowest BCUT2D eigenvalue weighted by Gasteiger charge is -2.21. The quantitative estimate of drug-likeness (QED) is 0.747. The number of alkyl halides is 2. The van der Waals surface area contributed by atoms with Gasteiger partial charge in [0.25, 0.3) is 0 Å². The van der Waals surface area contributed by atoms with Crippen molar-refractivity contribution in [3.8, 4) is 28.8 Å². The molecule has 2 aromatic rings. The molecular weight excluding hydrogens is 352 g/mol. The summed E-state index contributed by atoms with van der Waals surface area (Å²) in [4.78, 5) is 0. The number of hydrogen-bond acceptors (Lipinski definition) is 4. The minimum Gasteiger partial charge on any atom is -0.434 e. The van der Waals surface area contributed by atoms with Gasteiger partial charge in [-0.2, -0.15) is 8.78 Å². The van der Waals surface area contributed by atoms with Crippen molar-refractivity contribution in [2.75, 3.05) is 6.61 Å². The molecular formula is C20H21F2N3O2. The SMILES string of the molecule is FC(F)Oc1cc(C#CC2CC2)ccc1-c1cn(CC2CCCCO2)nn1. The Kier molecular flexibility index (Phi) is 5.35. The molecule has 1 aromatic heterocycles. The van der Waals surface area contributed by atoms with Crippen LogP contribution >= 0.6 is 0 Å². The molecule has 0 radical (unpaired) electrons. The first kappa shape index (κ1) is 17.9. The molecule has 1 aromatic carbocycles. The van der Waals surface area contributed by atoms with E-state index in [0.29, 0.717) is 29.3 Å². The third-order valence-electron chi connectivity index (χ3n) is 4.67. The summed E-state index contributed by atoms with van der Waals surface area (Å²) in [6, 6.07) is 5.05. The maximum atomic E-state index is 12.9. The van der Waals surface area contributed by atoms with E-state index in [0.717, 1.165) is 38.7 Å². The Hall–Kier alpha value is -2.46. The zero-order valence-electron chi connectivity index (χ0n) is 14.9. The van der Waals surface area contributed by atoms with E-state index in [-0.39, 0.29) is 11.9 Å². The maximum Gasteiger partial charge on any atom is 0.387 e. The number of aromatic nitrogens is 3. The molecule has 1 atom stereocenters. The van der Waals surface area contributed by atoms with Gasteiger partial charge >= 0.3 is 6.61 Å². The predicted octanol–water partition coefficient (Wildman–Crippen LogP) is 3.88. The molecule has 5 nitrogen and oxygen atoms in total. The summed E-state index contributed by atoms with van der Waals surface area (Å²) >= 11 is 0. The van der Waals surface area contributed by atoms with E-state index >= 15 is 0 Å². The molecule has 0 amide bonds. The van der Waals surface area contributed by atoms with E-state index in [1.165, 1.54) is 0 Å². The van der Waals surface area contributed by atoms with Crippen molar-refractivity contribution >= 4 is 0 Å². The minimum atomic E-state index is -2.92. The minimum absolute atomic E-state index is 0.0635. The average molecular weight is 373 g/mol. The van der Waals surface area contributed by atoms with Gasteiger partial charge in [0.15, 0.2) is 0 Å².